The molecule has 1 aromatic carbocycles. The van der Waals surface area contributed by atoms with Crippen molar-refractivity contribution in [1.29, 1.82) is 0 Å². The lowest BCUT2D eigenvalue weighted by atomic mass is 9.84. The van der Waals surface area contributed by atoms with E-state index in [1.165, 1.54) is 0 Å². The van der Waals surface area contributed by atoms with Gasteiger partial charge in [0.2, 0.25) is 23.6 Å². The fourth-order valence-electron chi connectivity index (χ4n) is 6.12. The Kier molecular flexibility index (Phi) is 6.58. The Bertz CT molecular complexity index is 1000. The molecule has 3 saturated heterocycles. The Morgan fingerprint density at radius 3 is 2.14 bits per heavy atom. The third-order valence-electron chi connectivity index (χ3n) is 8.02. The molecule has 0 radical (unpaired) electrons. The maximum Gasteiger partial charge on any atom is 0.254 e. The standard InChI is InChI=1S/C26H32N4O5/c31-22-10-11-23(32)29(22)17-24(33)27-12-14-28(15-13-27)26(35)21-16-19-8-4-5-9-20(19)30(21)25(34)18-6-2-1-3-7-18/h1-3,6-7,19-21H,4-5,8-17H2. The molecular formula is C26H32N4O5. The minimum absolute atomic E-state index is 0.0410. The van der Waals surface area contributed by atoms with Crippen LogP contribution in [0.2, 0.25) is 0 Å². The first kappa shape index (κ1) is 23.5. The first-order valence-corrected chi connectivity index (χ1v) is 12.7. The molecule has 0 spiro atoms. The summed E-state index contributed by atoms with van der Waals surface area (Å²) >= 11 is 0. The van der Waals surface area contributed by atoms with E-state index in [1.54, 1.807) is 21.9 Å². The smallest absolute Gasteiger partial charge is 0.254 e. The lowest BCUT2D eigenvalue weighted by Crippen LogP contribution is -2.57. The molecule has 5 amide bonds. The van der Waals surface area contributed by atoms with E-state index in [1.807, 2.05) is 23.1 Å². The molecule has 4 aliphatic rings. The highest BCUT2D eigenvalue weighted by Crippen LogP contribution is 2.41. The van der Waals surface area contributed by atoms with E-state index in [0.717, 1.165) is 30.6 Å². The SMILES string of the molecule is O=C(CN1C(=O)CCC1=O)N1CCN(C(=O)C2CC3CCCCC3N2C(=O)c2ccccc2)CC1. The molecule has 3 atom stereocenters. The first-order valence-electron chi connectivity index (χ1n) is 12.7. The van der Waals surface area contributed by atoms with Gasteiger partial charge in [-0.25, -0.2) is 0 Å². The summed E-state index contributed by atoms with van der Waals surface area (Å²) in [7, 11) is 0. The fraction of sp³-hybridized carbons (Fsp3) is 0.577. The summed E-state index contributed by atoms with van der Waals surface area (Å²) in [6.45, 7) is 1.24. The number of fused-ring (bicyclic) bond motifs is 1. The van der Waals surface area contributed by atoms with Gasteiger partial charge in [0.1, 0.15) is 12.6 Å². The topological polar surface area (TPSA) is 98.3 Å². The van der Waals surface area contributed by atoms with E-state index in [9.17, 15) is 24.0 Å². The third kappa shape index (κ3) is 4.56. The monoisotopic (exact) mass is 480 g/mol. The number of likely N-dealkylation sites (tertiary alicyclic amines) is 2. The molecule has 9 heteroatoms. The van der Waals surface area contributed by atoms with Crippen LogP contribution < -0.4 is 0 Å². The Morgan fingerprint density at radius 2 is 1.46 bits per heavy atom. The van der Waals surface area contributed by atoms with Crippen molar-refractivity contribution in [3.05, 3.63) is 35.9 Å². The lowest BCUT2D eigenvalue weighted by molar-refractivity contribution is -0.147. The number of imide groups is 1. The van der Waals surface area contributed by atoms with Gasteiger partial charge in [-0.2, -0.15) is 0 Å². The Morgan fingerprint density at radius 1 is 0.829 bits per heavy atom. The van der Waals surface area contributed by atoms with Crippen molar-refractivity contribution in [2.75, 3.05) is 32.7 Å². The number of benzene rings is 1. The van der Waals surface area contributed by atoms with E-state index in [0.29, 0.717) is 44.1 Å². The number of rotatable bonds is 4. The molecule has 186 valence electrons. The average Bonchev–Trinajstić information content (AvgIpc) is 3.43. The van der Waals surface area contributed by atoms with E-state index in [2.05, 4.69) is 0 Å². The van der Waals surface area contributed by atoms with Crippen LogP contribution in [-0.2, 0) is 19.2 Å². The van der Waals surface area contributed by atoms with Crippen LogP contribution in [0.25, 0.3) is 0 Å². The minimum Gasteiger partial charge on any atom is -0.338 e. The van der Waals surface area contributed by atoms with Gasteiger partial charge in [0.15, 0.2) is 0 Å². The zero-order valence-electron chi connectivity index (χ0n) is 19.9. The molecule has 5 rings (SSSR count). The van der Waals surface area contributed by atoms with Gasteiger partial charge in [-0.15, -0.1) is 0 Å². The summed E-state index contributed by atoms with van der Waals surface area (Å²) < 4.78 is 0. The highest BCUT2D eigenvalue weighted by atomic mass is 16.2. The zero-order valence-corrected chi connectivity index (χ0v) is 19.9. The molecule has 35 heavy (non-hydrogen) atoms. The molecule has 1 saturated carbocycles. The summed E-state index contributed by atoms with van der Waals surface area (Å²) in [4.78, 5) is 69.8. The van der Waals surface area contributed by atoms with Gasteiger partial charge in [-0.05, 0) is 37.3 Å². The van der Waals surface area contributed by atoms with Gasteiger partial charge in [0, 0.05) is 50.6 Å². The number of piperazine rings is 1. The van der Waals surface area contributed by atoms with Gasteiger partial charge in [-0.1, -0.05) is 31.0 Å². The molecule has 1 aromatic rings. The fourth-order valence-corrected chi connectivity index (χ4v) is 6.12. The summed E-state index contributed by atoms with van der Waals surface area (Å²) in [6.07, 6.45) is 5.21. The maximum absolute atomic E-state index is 13.7. The molecule has 3 aliphatic heterocycles. The van der Waals surface area contributed by atoms with Crippen molar-refractivity contribution >= 4 is 29.5 Å². The first-order chi connectivity index (χ1) is 16.9. The minimum atomic E-state index is -0.474. The second kappa shape index (κ2) is 9.79. The molecule has 0 N–H and O–H groups in total. The number of hydrogen-bond donors (Lipinski definition) is 0. The van der Waals surface area contributed by atoms with Crippen molar-refractivity contribution in [2.45, 2.75) is 57.0 Å². The van der Waals surface area contributed by atoms with Crippen LogP contribution in [0.5, 0.6) is 0 Å². The van der Waals surface area contributed by atoms with Crippen molar-refractivity contribution in [2.24, 2.45) is 5.92 Å². The number of nitrogens with zero attached hydrogens (tertiary/aromatic N) is 4. The highest BCUT2D eigenvalue weighted by molar-refractivity contribution is 6.04. The predicted molar refractivity (Wildman–Crippen MR) is 126 cm³/mol. The van der Waals surface area contributed by atoms with Crippen LogP contribution in [0, 0.1) is 5.92 Å². The molecule has 1 aliphatic carbocycles. The van der Waals surface area contributed by atoms with Crippen LogP contribution >= 0.6 is 0 Å². The van der Waals surface area contributed by atoms with E-state index >= 15 is 0 Å². The van der Waals surface area contributed by atoms with E-state index in [-0.39, 0.29) is 55.0 Å². The largest absolute Gasteiger partial charge is 0.338 e. The Hall–Kier alpha value is -3.23. The molecular weight excluding hydrogens is 448 g/mol. The van der Waals surface area contributed by atoms with Gasteiger partial charge in [0.25, 0.3) is 5.91 Å². The molecule has 3 heterocycles. The summed E-state index contributed by atoms with van der Waals surface area (Å²) in [5.74, 6) is -0.643. The maximum atomic E-state index is 13.7. The highest BCUT2D eigenvalue weighted by Gasteiger charge is 2.48. The average molecular weight is 481 g/mol. The third-order valence-corrected chi connectivity index (χ3v) is 8.02. The number of carbonyl (C=O) groups excluding carboxylic acids is 5. The summed E-state index contributed by atoms with van der Waals surface area (Å²) in [5.41, 5.74) is 0.609. The molecule has 9 nitrogen and oxygen atoms in total. The van der Waals surface area contributed by atoms with Crippen LogP contribution in [0.4, 0.5) is 0 Å². The number of amides is 5. The van der Waals surface area contributed by atoms with Crippen molar-refractivity contribution in [3.63, 3.8) is 0 Å². The zero-order chi connectivity index (χ0) is 24.5. The number of carbonyl (C=O) groups is 5. The molecule has 3 unspecified atom stereocenters. The Balaban J connectivity index is 1.24. The lowest BCUT2D eigenvalue weighted by Gasteiger charge is -2.39. The molecule has 4 fully saturated rings. The quantitative estimate of drug-likeness (QED) is 0.605. The number of hydrogen-bond acceptors (Lipinski definition) is 5. The normalized spacial score (nSPS) is 26.8. The Labute approximate surface area is 205 Å². The van der Waals surface area contributed by atoms with Crippen molar-refractivity contribution in [3.8, 4) is 0 Å². The van der Waals surface area contributed by atoms with Crippen molar-refractivity contribution < 1.29 is 24.0 Å². The second-order valence-corrected chi connectivity index (χ2v) is 10.0. The van der Waals surface area contributed by atoms with Crippen LogP contribution in [0.15, 0.2) is 30.3 Å². The van der Waals surface area contributed by atoms with E-state index in [4.69, 9.17) is 0 Å². The van der Waals surface area contributed by atoms with Gasteiger partial charge >= 0.3 is 0 Å². The van der Waals surface area contributed by atoms with Gasteiger partial charge in [0.05, 0.1) is 0 Å². The van der Waals surface area contributed by atoms with Crippen molar-refractivity contribution in [1.82, 2.24) is 19.6 Å². The van der Waals surface area contributed by atoms with Crippen LogP contribution in [-0.4, -0.2) is 93.9 Å². The van der Waals surface area contributed by atoms with Crippen LogP contribution in [0.1, 0.15) is 55.3 Å². The second-order valence-electron chi connectivity index (χ2n) is 10.0. The molecule has 0 aromatic heterocycles. The van der Waals surface area contributed by atoms with Gasteiger partial charge in [-0.3, -0.25) is 28.9 Å². The summed E-state index contributed by atoms with van der Waals surface area (Å²) in [6, 6.07) is 8.81. The van der Waals surface area contributed by atoms with Gasteiger partial charge < -0.3 is 14.7 Å². The summed E-state index contributed by atoms with van der Waals surface area (Å²) in [5, 5.41) is 0. The predicted octanol–water partition coefficient (Wildman–Crippen LogP) is 1.28. The molecule has 0 bridgehead atoms. The van der Waals surface area contributed by atoms with Crippen LogP contribution in [0.3, 0.4) is 0 Å². The van der Waals surface area contributed by atoms with E-state index < -0.39 is 6.04 Å².